The number of imide groups is 1. The number of anilines is 3. The first-order valence-corrected chi connectivity index (χ1v) is 8.08. The van der Waals surface area contributed by atoms with Crippen molar-refractivity contribution in [2.24, 2.45) is 0 Å². The maximum Gasteiger partial charge on any atom is 0.294 e. The minimum atomic E-state index is -0.572. The van der Waals surface area contributed by atoms with Crippen LogP contribution in [0.4, 0.5) is 22.7 Å². The average molecular weight is 371 g/mol. The topological polar surface area (TPSA) is 111 Å². The Balaban J connectivity index is 1.95. The van der Waals surface area contributed by atoms with E-state index in [0.717, 1.165) is 4.90 Å². The van der Waals surface area contributed by atoms with Crippen molar-refractivity contribution < 1.29 is 24.0 Å². The van der Waals surface area contributed by atoms with Gasteiger partial charge in [-0.05, 0) is 24.3 Å². The smallest absolute Gasteiger partial charge is 0.294 e. The summed E-state index contributed by atoms with van der Waals surface area (Å²) in [7, 11) is 3.00. The SMILES string of the molecule is COc1ccc(Nc2ccc(N3C(=O)CCC3=O)cc2[N+](=O)[O-])cc1OC. The Kier molecular flexibility index (Phi) is 4.93. The molecule has 0 saturated carbocycles. The van der Waals surface area contributed by atoms with Crippen molar-refractivity contribution in [1.82, 2.24) is 0 Å². The van der Waals surface area contributed by atoms with Gasteiger partial charge in [0, 0.05) is 30.7 Å². The Labute approximate surface area is 154 Å². The zero-order valence-corrected chi connectivity index (χ0v) is 14.7. The van der Waals surface area contributed by atoms with Gasteiger partial charge in [0.15, 0.2) is 11.5 Å². The quantitative estimate of drug-likeness (QED) is 0.472. The van der Waals surface area contributed by atoms with E-state index in [1.54, 1.807) is 18.2 Å². The number of methoxy groups -OCH3 is 2. The number of benzene rings is 2. The van der Waals surface area contributed by atoms with Gasteiger partial charge in [-0.3, -0.25) is 24.6 Å². The molecule has 0 spiro atoms. The Hall–Kier alpha value is -3.62. The van der Waals surface area contributed by atoms with E-state index in [2.05, 4.69) is 5.32 Å². The van der Waals surface area contributed by atoms with E-state index in [4.69, 9.17) is 9.47 Å². The van der Waals surface area contributed by atoms with E-state index in [1.807, 2.05) is 0 Å². The van der Waals surface area contributed by atoms with E-state index in [1.165, 1.54) is 32.4 Å². The Morgan fingerprint density at radius 3 is 2.26 bits per heavy atom. The van der Waals surface area contributed by atoms with Crippen LogP contribution in [0.5, 0.6) is 11.5 Å². The molecule has 3 rings (SSSR count). The molecule has 0 bridgehead atoms. The number of nitrogens with zero attached hydrogens (tertiary/aromatic N) is 2. The molecule has 1 heterocycles. The molecule has 2 amide bonds. The van der Waals surface area contributed by atoms with Crippen LogP contribution in [0, 0.1) is 10.1 Å². The number of rotatable bonds is 6. The number of hydrogen-bond donors (Lipinski definition) is 1. The number of nitrogens with one attached hydrogen (secondary N) is 1. The molecule has 0 aromatic heterocycles. The summed E-state index contributed by atoms with van der Waals surface area (Å²) >= 11 is 0. The van der Waals surface area contributed by atoms with Crippen LogP contribution in [0.1, 0.15) is 12.8 Å². The summed E-state index contributed by atoms with van der Waals surface area (Å²) in [5.41, 5.74) is 0.703. The van der Waals surface area contributed by atoms with Gasteiger partial charge in [-0.1, -0.05) is 0 Å². The largest absolute Gasteiger partial charge is 0.493 e. The molecule has 1 aliphatic heterocycles. The van der Waals surface area contributed by atoms with Gasteiger partial charge < -0.3 is 14.8 Å². The van der Waals surface area contributed by atoms with Crippen molar-refractivity contribution in [2.75, 3.05) is 24.4 Å². The minimum Gasteiger partial charge on any atom is -0.493 e. The van der Waals surface area contributed by atoms with Crippen LogP contribution in [-0.4, -0.2) is 31.0 Å². The van der Waals surface area contributed by atoms with Crippen molar-refractivity contribution in [2.45, 2.75) is 12.8 Å². The predicted molar refractivity (Wildman–Crippen MR) is 97.7 cm³/mol. The van der Waals surface area contributed by atoms with E-state index in [-0.39, 0.29) is 41.7 Å². The second-order valence-electron chi connectivity index (χ2n) is 5.78. The third-order valence-electron chi connectivity index (χ3n) is 4.15. The van der Waals surface area contributed by atoms with Gasteiger partial charge in [0.1, 0.15) is 5.69 Å². The lowest BCUT2D eigenvalue weighted by molar-refractivity contribution is -0.383. The number of carbonyl (C=O) groups is 2. The maximum absolute atomic E-state index is 11.9. The number of carbonyl (C=O) groups excluding carboxylic acids is 2. The zero-order valence-electron chi connectivity index (χ0n) is 14.7. The highest BCUT2D eigenvalue weighted by Gasteiger charge is 2.31. The molecule has 1 fully saturated rings. The molecule has 1 N–H and O–H groups in total. The summed E-state index contributed by atoms with van der Waals surface area (Å²) in [5.74, 6) is 0.263. The number of ether oxygens (including phenoxy) is 2. The number of nitro groups is 1. The minimum absolute atomic E-state index is 0.109. The fourth-order valence-corrected chi connectivity index (χ4v) is 2.85. The van der Waals surface area contributed by atoms with Crippen molar-refractivity contribution in [3.8, 4) is 11.5 Å². The molecule has 140 valence electrons. The summed E-state index contributed by atoms with van der Waals surface area (Å²) < 4.78 is 10.4. The van der Waals surface area contributed by atoms with E-state index in [9.17, 15) is 19.7 Å². The van der Waals surface area contributed by atoms with Crippen LogP contribution in [0.3, 0.4) is 0 Å². The third-order valence-corrected chi connectivity index (χ3v) is 4.15. The summed E-state index contributed by atoms with van der Waals surface area (Å²) in [4.78, 5) is 35.6. The van der Waals surface area contributed by atoms with Crippen molar-refractivity contribution in [3.05, 3.63) is 46.5 Å². The van der Waals surface area contributed by atoms with E-state index in [0.29, 0.717) is 17.2 Å². The monoisotopic (exact) mass is 371 g/mol. The number of hydrogen-bond acceptors (Lipinski definition) is 7. The van der Waals surface area contributed by atoms with Crippen LogP contribution in [0.25, 0.3) is 0 Å². The van der Waals surface area contributed by atoms with Crippen molar-refractivity contribution >= 4 is 34.6 Å². The normalized spacial score (nSPS) is 13.6. The fraction of sp³-hybridized carbons (Fsp3) is 0.222. The molecule has 0 aliphatic carbocycles. The summed E-state index contributed by atoms with van der Waals surface area (Å²) in [6, 6.07) is 9.17. The standard InChI is InChI=1S/C18H17N3O6/c1-26-15-6-3-11(9-16(15)27-2)19-13-5-4-12(10-14(13)21(24)25)20-17(22)7-8-18(20)23/h3-6,9-10,19H,7-8H2,1-2H3. The van der Waals surface area contributed by atoms with Crippen LogP contribution in [0.15, 0.2) is 36.4 Å². The molecule has 1 aliphatic rings. The molecule has 27 heavy (non-hydrogen) atoms. The summed E-state index contributed by atoms with van der Waals surface area (Å²) in [5, 5.41) is 14.5. The lowest BCUT2D eigenvalue weighted by Gasteiger charge is -2.15. The van der Waals surface area contributed by atoms with Gasteiger partial charge in [-0.25, -0.2) is 0 Å². The van der Waals surface area contributed by atoms with Gasteiger partial charge in [-0.2, -0.15) is 0 Å². The molecule has 9 nitrogen and oxygen atoms in total. The number of amides is 2. The van der Waals surface area contributed by atoms with Crippen LogP contribution in [0.2, 0.25) is 0 Å². The number of nitro benzene ring substituents is 1. The second kappa shape index (κ2) is 7.32. The summed E-state index contributed by atoms with van der Waals surface area (Å²) in [6.45, 7) is 0. The molecule has 0 atom stereocenters. The first-order chi connectivity index (χ1) is 12.9. The summed E-state index contributed by atoms with van der Waals surface area (Å²) in [6.07, 6.45) is 0.219. The maximum atomic E-state index is 11.9. The molecule has 2 aromatic carbocycles. The molecule has 0 radical (unpaired) electrons. The highest BCUT2D eigenvalue weighted by Crippen LogP contribution is 2.36. The highest BCUT2D eigenvalue weighted by atomic mass is 16.6. The van der Waals surface area contributed by atoms with Crippen LogP contribution < -0.4 is 19.7 Å². The fourth-order valence-electron chi connectivity index (χ4n) is 2.85. The molecule has 1 saturated heterocycles. The Morgan fingerprint density at radius 1 is 1.00 bits per heavy atom. The van der Waals surface area contributed by atoms with Crippen molar-refractivity contribution in [3.63, 3.8) is 0 Å². The van der Waals surface area contributed by atoms with Gasteiger partial charge in [0.05, 0.1) is 24.8 Å². The molecule has 9 heteroatoms. The Morgan fingerprint density at radius 2 is 1.67 bits per heavy atom. The van der Waals surface area contributed by atoms with Gasteiger partial charge in [0.25, 0.3) is 5.69 Å². The van der Waals surface area contributed by atoms with Gasteiger partial charge in [-0.15, -0.1) is 0 Å². The lowest BCUT2D eigenvalue weighted by Crippen LogP contribution is -2.28. The second-order valence-corrected chi connectivity index (χ2v) is 5.78. The Bertz CT molecular complexity index is 911. The van der Waals surface area contributed by atoms with Crippen LogP contribution in [-0.2, 0) is 9.59 Å². The van der Waals surface area contributed by atoms with Gasteiger partial charge in [0.2, 0.25) is 11.8 Å². The molecule has 0 unspecified atom stereocenters. The predicted octanol–water partition coefficient (Wildman–Crippen LogP) is 3.01. The van der Waals surface area contributed by atoms with Crippen molar-refractivity contribution in [1.29, 1.82) is 0 Å². The molecular formula is C18H17N3O6. The van der Waals surface area contributed by atoms with E-state index < -0.39 is 4.92 Å². The lowest BCUT2D eigenvalue weighted by atomic mass is 10.2. The zero-order chi connectivity index (χ0) is 19.6. The van der Waals surface area contributed by atoms with E-state index >= 15 is 0 Å². The first-order valence-electron chi connectivity index (χ1n) is 8.08. The molecular weight excluding hydrogens is 354 g/mol. The third kappa shape index (κ3) is 3.52. The van der Waals surface area contributed by atoms with Gasteiger partial charge >= 0.3 is 0 Å². The first kappa shape index (κ1) is 18.2. The highest BCUT2D eigenvalue weighted by molar-refractivity contribution is 6.20. The van der Waals surface area contributed by atoms with Crippen LogP contribution >= 0.6 is 0 Å². The average Bonchev–Trinajstić information content (AvgIpc) is 3.00. The molecule has 2 aromatic rings.